The topological polar surface area (TPSA) is 36.4 Å². The third-order valence-electron chi connectivity index (χ3n) is 5.09. The van der Waals surface area contributed by atoms with Gasteiger partial charge in [-0.3, -0.25) is 9.78 Å². The highest BCUT2D eigenvalue weighted by Crippen LogP contribution is 2.36. The summed E-state index contributed by atoms with van der Waals surface area (Å²) < 4.78 is 0. The van der Waals surface area contributed by atoms with Crippen LogP contribution >= 0.6 is 0 Å². The van der Waals surface area contributed by atoms with Crippen molar-refractivity contribution in [3.63, 3.8) is 0 Å². The first-order valence-corrected chi connectivity index (χ1v) is 7.62. The van der Waals surface area contributed by atoms with E-state index in [1.807, 2.05) is 17.0 Å². The molecule has 0 N–H and O–H groups in total. The van der Waals surface area contributed by atoms with Crippen molar-refractivity contribution in [1.29, 1.82) is 0 Å². The van der Waals surface area contributed by atoms with E-state index < -0.39 is 0 Å². The number of rotatable bonds is 1. The van der Waals surface area contributed by atoms with Crippen LogP contribution in [0.5, 0.6) is 0 Å². The minimum Gasteiger partial charge on any atom is -0.338 e. The molecule has 3 heterocycles. The van der Waals surface area contributed by atoms with Gasteiger partial charge in [0.15, 0.2) is 0 Å². The molecule has 0 saturated carbocycles. The first-order chi connectivity index (χ1) is 9.71. The number of likely N-dealkylation sites (tertiary alicyclic amines) is 2. The van der Waals surface area contributed by atoms with Gasteiger partial charge in [-0.15, -0.1) is 0 Å². The number of pyridine rings is 1. The highest BCUT2D eigenvalue weighted by molar-refractivity contribution is 5.93. The molecule has 0 unspecified atom stereocenters. The summed E-state index contributed by atoms with van der Waals surface area (Å²) in [5.74, 6) is 0.131. The molecule has 0 aromatic carbocycles. The molecule has 4 nitrogen and oxygen atoms in total. The van der Waals surface area contributed by atoms with E-state index in [1.54, 1.807) is 12.4 Å². The van der Waals surface area contributed by atoms with Gasteiger partial charge in [-0.1, -0.05) is 6.42 Å². The highest BCUT2D eigenvalue weighted by atomic mass is 16.2. The number of carbonyl (C=O) groups excluding carboxylic acids is 1. The van der Waals surface area contributed by atoms with E-state index in [2.05, 4.69) is 16.9 Å². The molecule has 2 fully saturated rings. The molecule has 0 bridgehead atoms. The Balaban J connectivity index is 1.65. The summed E-state index contributed by atoms with van der Waals surface area (Å²) in [5.41, 5.74) is 1.06. The van der Waals surface area contributed by atoms with E-state index in [-0.39, 0.29) is 5.91 Å². The van der Waals surface area contributed by atoms with E-state index in [1.165, 1.54) is 25.8 Å². The molecule has 20 heavy (non-hydrogen) atoms. The Morgan fingerprint density at radius 2 is 2.00 bits per heavy atom. The molecule has 3 rings (SSSR count). The molecule has 2 saturated heterocycles. The van der Waals surface area contributed by atoms with Crippen molar-refractivity contribution in [1.82, 2.24) is 14.8 Å². The molecule has 1 spiro atoms. The molecule has 1 amide bonds. The summed E-state index contributed by atoms with van der Waals surface area (Å²) in [6.07, 6.45) is 9.53. The zero-order valence-electron chi connectivity index (χ0n) is 12.2. The van der Waals surface area contributed by atoms with Crippen LogP contribution in [-0.4, -0.2) is 52.9 Å². The van der Waals surface area contributed by atoms with Gasteiger partial charge < -0.3 is 9.80 Å². The quantitative estimate of drug-likeness (QED) is 0.787. The summed E-state index contributed by atoms with van der Waals surface area (Å²) in [6.45, 7) is 2.95. The van der Waals surface area contributed by atoms with Crippen molar-refractivity contribution in [2.45, 2.75) is 37.6 Å². The van der Waals surface area contributed by atoms with Gasteiger partial charge in [-0.25, -0.2) is 0 Å². The summed E-state index contributed by atoms with van der Waals surface area (Å²) in [4.78, 5) is 21.0. The maximum atomic E-state index is 12.4. The normalized spacial score (nSPS) is 22.9. The van der Waals surface area contributed by atoms with E-state index >= 15 is 0 Å². The number of nitrogens with zero attached hydrogens (tertiary/aromatic N) is 3. The second-order valence-electron chi connectivity index (χ2n) is 6.14. The Bertz CT molecular complexity index is 466. The zero-order valence-corrected chi connectivity index (χ0v) is 12.2. The Morgan fingerprint density at radius 1 is 1.20 bits per heavy atom. The van der Waals surface area contributed by atoms with E-state index in [0.29, 0.717) is 11.1 Å². The fourth-order valence-corrected chi connectivity index (χ4v) is 3.66. The smallest absolute Gasteiger partial charge is 0.255 e. The largest absolute Gasteiger partial charge is 0.338 e. The number of hydrogen-bond donors (Lipinski definition) is 0. The van der Waals surface area contributed by atoms with Gasteiger partial charge in [0.05, 0.1) is 5.56 Å². The standard InChI is InChI=1S/C16H23N3O/c1-18-10-3-2-6-16(18)7-11-19(12-8-16)15(20)14-5-4-9-17-13-14/h4-5,9,13H,2-3,6-8,10-12H2,1H3. The van der Waals surface area contributed by atoms with Gasteiger partial charge in [0.1, 0.15) is 0 Å². The van der Waals surface area contributed by atoms with Crippen LogP contribution in [0.1, 0.15) is 42.5 Å². The lowest BCUT2D eigenvalue weighted by atomic mass is 9.79. The van der Waals surface area contributed by atoms with Crippen molar-refractivity contribution in [2.75, 3.05) is 26.7 Å². The minimum atomic E-state index is 0.131. The van der Waals surface area contributed by atoms with Crippen LogP contribution in [-0.2, 0) is 0 Å². The van der Waals surface area contributed by atoms with Crippen LogP contribution in [0.25, 0.3) is 0 Å². The van der Waals surface area contributed by atoms with Crippen molar-refractivity contribution in [2.24, 2.45) is 0 Å². The van der Waals surface area contributed by atoms with Crippen LogP contribution in [0, 0.1) is 0 Å². The Labute approximate surface area is 120 Å². The van der Waals surface area contributed by atoms with E-state index in [9.17, 15) is 4.79 Å². The average molecular weight is 273 g/mol. The van der Waals surface area contributed by atoms with Gasteiger partial charge in [0, 0.05) is 31.0 Å². The van der Waals surface area contributed by atoms with Crippen molar-refractivity contribution < 1.29 is 4.79 Å². The lowest BCUT2D eigenvalue weighted by Crippen LogP contribution is -2.56. The Hall–Kier alpha value is -1.42. The van der Waals surface area contributed by atoms with Gasteiger partial charge in [0.25, 0.3) is 5.91 Å². The SMILES string of the molecule is CN1CCCCC12CCN(C(=O)c1cccnc1)CC2. The lowest BCUT2D eigenvalue weighted by molar-refractivity contribution is 0.0111. The third kappa shape index (κ3) is 2.44. The number of amides is 1. The van der Waals surface area contributed by atoms with Crippen molar-refractivity contribution >= 4 is 5.91 Å². The monoisotopic (exact) mass is 273 g/mol. The van der Waals surface area contributed by atoms with Crippen molar-refractivity contribution in [3.05, 3.63) is 30.1 Å². The number of hydrogen-bond acceptors (Lipinski definition) is 3. The number of carbonyl (C=O) groups is 1. The first-order valence-electron chi connectivity index (χ1n) is 7.62. The Morgan fingerprint density at radius 3 is 2.65 bits per heavy atom. The predicted molar refractivity (Wildman–Crippen MR) is 78.6 cm³/mol. The molecule has 108 valence electrons. The van der Waals surface area contributed by atoms with Crippen LogP contribution < -0.4 is 0 Å². The molecular weight excluding hydrogens is 250 g/mol. The maximum Gasteiger partial charge on any atom is 0.255 e. The van der Waals surface area contributed by atoms with E-state index in [0.717, 1.165) is 25.9 Å². The zero-order chi connectivity index (χ0) is 14.0. The van der Waals surface area contributed by atoms with Crippen LogP contribution in [0.2, 0.25) is 0 Å². The predicted octanol–water partition coefficient (Wildman–Crippen LogP) is 2.17. The summed E-state index contributed by atoms with van der Waals surface area (Å²) in [5, 5.41) is 0. The van der Waals surface area contributed by atoms with Crippen LogP contribution in [0.15, 0.2) is 24.5 Å². The second kappa shape index (κ2) is 5.52. The minimum absolute atomic E-state index is 0.131. The summed E-state index contributed by atoms with van der Waals surface area (Å²) >= 11 is 0. The molecule has 1 aromatic rings. The Kier molecular flexibility index (Phi) is 3.74. The molecule has 0 aliphatic carbocycles. The van der Waals surface area contributed by atoms with Gasteiger partial charge in [0.2, 0.25) is 0 Å². The molecule has 4 heteroatoms. The van der Waals surface area contributed by atoms with Crippen molar-refractivity contribution in [3.8, 4) is 0 Å². The molecule has 2 aliphatic heterocycles. The first kappa shape index (κ1) is 13.6. The number of aromatic nitrogens is 1. The highest BCUT2D eigenvalue weighted by Gasteiger charge is 2.40. The molecule has 0 radical (unpaired) electrons. The second-order valence-corrected chi connectivity index (χ2v) is 6.14. The fourth-order valence-electron chi connectivity index (χ4n) is 3.66. The van der Waals surface area contributed by atoms with Crippen LogP contribution in [0.3, 0.4) is 0 Å². The molecule has 0 atom stereocenters. The molecule has 2 aliphatic rings. The molecular formula is C16H23N3O. The fraction of sp³-hybridized carbons (Fsp3) is 0.625. The lowest BCUT2D eigenvalue weighted by Gasteiger charge is -2.50. The molecule has 1 aromatic heterocycles. The van der Waals surface area contributed by atoms with Crippen LogP contribution in [0.4, 0.5) is 0 Å². The summed E-state index contributed by atoms with van der Waals surface area (Å²) in [6, 6.07) is 3.68. The van der Waals surface area contributed by atoms with Gasteiger partial charge in [-0.05, 0) is 51.4 Å². The number of piperidine rings is 2. The maximum absolute atomic E-state index is 12.4. The van der Waals surface area contributed by atoms with E-state index in [4.69, 9.17) is 0 Å². The van der Waals surface area contributed by atoms with Gasteiger partial charge in [-0.2, -0.15) is 0 Å². The van der Waals surface area contributed by atoms with Gasteiger partial charge >= 0.3 is 0 Å². The summed E-state index contributed by atoms with van der Waals surface area (Å²) in [7, 11) is 2.25. The third-order valence-corrected chi connectivity index (χ3v) is 5.09. The average Bonchev–Trinajstić information content (AvgIpc) is 2.51.